The Balaban J connectivity index is 1.74. The van der Waals surface area contributed by atoms with Crippen molar-refractivity contribution in [1.29, 1.82) is 0 Å². The Hall–Kier alpha value is -3.55. The monoisotopic (exact) mass is 323 g/mol. The van der Waals surface area contributed by atoms with Gasteiger partial charge in [0.25, 0.3) is 0 Å². The van der Waals surface area contributed by atoms with Gasteiger partial charge in [0.05, 0.1) is 0 Å². The van der Waals surface area contributed by atoms with Crippen molar-refractivity contribution >= 4 is 17.5 Å². The third-order valence-electron chi connectivity index (χ3n) is 3.02. The second-order valence-electron chi connectivity index (χ2n) is 4.88. The Kier molecular flexibility index (Phi) is 4.28. The number of aromatic nitrogens is 3. The third-order valence-corrected chi connectivity index (χ3v) is 3.02. The summed E-state index contributed by atoms with van der Waals surface area (Å²) in [5, 5.41) is 13.7. The first kappa shape index (κ1) is 15.3. The molecule has 0 aliphatic rings. The molecule has 3 aromatic rings. The zero-order chi connectivity index (χ0) is 16.9. The lowest BCUT2D eigenvalue weighted by molar-refractivity contribution is -0.389. The van der Waals surface area contributed by atoms with Gasteiger partial charge in [-0.1, -0.05) is 6.07 Å². The van der Waals surface area contributed by atoms with Crippen molar-refractivity contribution in [1.82, 2.24) is 15.0 Å². The van der Waals surface area contributed by atoms with E-state index in [9.17, 15) is 10.1 Å². The quantitative estimate of drug-likeness (QED) is 0.565. The molecule has 0 saturated carbocycles. The predicted octanol–water partition coefficient (Wildman–Crippen LogP) is 3.62. The zero-order valence-corrected chi connectivity index (χ0v) is 12.7. The first-order valence-corrected chi connectivity index (χ1v) is 7.05. The standard InChI is InChI=1S/C16H13N5O3/c1-11-3-2-4-14(19-11)20-15-9-12(7-8-17-15)24-13-5-6-16(18-10-13)21(22)23/h2-10H,1H3,(H,17,19,20). The van der Waals surface area contributed by atoms with Crippen LogP contribution in [0, 0.1) is 17.0 Å². The highest BCUT2D eigenvalue weighted by Gasteiger charge is 2.08. The maximum Gasteiger partial charge on any atom is 0.363 e. The number of nitrogens with zero attached hydrogens (tertiary/aromatic N) is 4. The van der Waals surface area contributed by atoms with E-state index < -0.39 is 4.92 Å². The van der Waals surface area contributed by atoms with E-state index in [1.165, 1.54) is 18.3 Å². The topological polar surface area (TPSA) is 103 Å². The summed E-state index contributed by atoms with van der Waals surface area (Å²) in [5.41, 5.74) is 0.893. The van der Waals surface area contributed by atoms with Crippen LogP contribution in [0.25, 0.3) is 0 Å². The highest BCUT2D eigenvalue weighted by Crippen LogP contribution is 2.24. The molecule has 1 N–H and O–H groups in total. The van der Waals surface area contributed by atoms with Crippen LogP contribution in [0.2, 0.25) is 0 Å². The molecular weight excluding hydrogens is 310 g/mol. The lowest BCUT2D eigenvalue weighted by Crippen LogP contribution is -1.97. The van der Waals surface area contributed by atoms with Gasteiger partial charge in [0.2, 0.25) is 0 Å². The molecule has 0 aliphatic carbocycles. The summed E-state index contributed by atoms with van der Waals surface area (Å²) in [6.45, 7) is 1.90. The van der Waals surface area contributed by atoms with Crippen LogP contribution < -0.4 is 10.1 Å². The molecule has 0 radical (unpaired) electrons. The summed E-state index contributed by atoms with van der Waals surface area (Å²) < 4.78 is 5.63. The van der Waals surface area contributed by atoms with Gasteiger partial charge in [0, 0.05) is 24.0 Å². The molecule has 0 bridgehead atoms. The van der Waals surface area contributed by atoms with Gasteiger partial charge in [-0.2, -0.15) is 0 Å². The number of rotatable bonds is 5. The maximum absolute atomic E-state index is 10.6. The second-order valence-corrected chi connectivity index (χ2v) is 4.88. The maximum atomic E-state index is 10.6. The summed E-state index contributed by atoms with van der Waals surface area (Å²) in [6, 6.07) is 11.8. The summed E-state index contributed by atoms with van der Waals surface area (Å²) in [7, 11) is 0. The summed E-state index contributed by atoms with van der Waals surface area (Å²) in [6.07, 6.45) is 2.89. The first-order chi connectivity index (χ1) is 11.6. The molecule has 3 heterocycles. The van der Waals surface area contributed by atoms with Crippen molar-refractivity contribution in [2.45, 2.75) is 6.92 Å². The Morgan fingerprint density at radius 1 is 1.08 bits per heavy atom. The number of nitro groups is 1. The molecule has 8 nitrogen and oxygen atoms in total. The molecule has 0 amide bonds. The van der Waals surface area contributed by atoms with Gasteiger partial charge < -0.3 is 20.2 Å². The molecular formula is C16H13N5O3. The van der Waals surface area contributed by atoms with E-state index >= 15 is 0 Å². The Bertz CT molecular complexity index is 868. The van der Waals surface area contributed by atoms with E-state index in [-0.39, 0.29) is 5.82 Å². The van der Waals surface area contributed by atoms with Gasteiger partial charge in [0.1, 0.15) is 17.4 Å². The summed E-state index contributed by atoms with van der Waals surface area (Å²) >= 11 is 0. The minimum Gasteiger partial charge on any atom is -0.453 e. The fourth-order valence-electron chi connectivity index (χ4n) is 1.96. The molecule has 0 aliphatic heterocycles. The number of nitrogens with one attached hydrogen (secondary N) is 1. The lowest BCUT2D eigenvalue weighted by atomic mass is 10.3. The highest BCUT2D eigenvalue weighted by atomic mass is 16.6. The number of pyridine rings is 3. The Morgan fingerprint density at radius 2 is 1.96 bits per heavy atom. The van der Waals surface area contributed by atoms with Crippen LogP contribution in [-0.2, 0) is 0 Å². The first-order valence-electron chi connectivity index (χ1n) is 7.05. The van der Waals surface area contributed by atoms with Crippen LogP contribution in [0.5, 0.6) is 11.5 Å². The highest BCUT2D eigenvalue weighted by molar-refractivity contribution is 5.53. The largest absolute Gasteiger partial charge is 0.453 e. The van der Waals surface area contributed by atoms with Gasteiger partial charge in [-0.15, -0.1) is 0 Å². The third kappa shape index (κ3) is 3.80. The van der Waals surface area contributed by atoms with Crippen molar-refractivity contribution < 1.29 is 9.66 Å². The fraction of sp³-hybridized carbons (Fsp3) is 0.0625. The van der Waals surface area contributed by atoms with Gasteiger partial charge in [-0.05, 0) is 41.1 Å². The van der Waals surface area contributed by atoms with E-state index in [1.807, 2.05) is 25.1 Å². The molecule has 3 aromatic heterocycles. The van der Waals surface area contributed by atoms with Gasteiger partial charge >= 0.3 is 5.82 Å². The zero-order valence-electron chi connectivity index (χ0n) is 12.7. The van der Waals surface area contributed by atoms with Crippen LogP contribution in [0.1, 0.15) is 5.69 Å². The van der Waals surface area contributed by atoms with E-state index in [0.29, 0.717) is 23.1 Å². The fourth-order valence-corrected chi connectivity index (χ4v) is 1.96. The van der Waals surface area contributed by atoms with Crippen molar-refractivity contribution in [2.75, 3.05) is 5.32 Å². The Morgan fingerprint density at radius 3 is 2.67 bits per heavy atom. The molecule has 0 saturated heterocycles. The molecule has 24 heavy (non-hydrogen) atoms. The molecule has 0 fully saturated rings. The van der Waals surface area contributed by atoms with E-state index in [0.717, 1.165) is 5.69 Å². The van der Waals surface area contributed by atoms with Crippen LogP contribution in [0.3, 0.4) is 0 Å². The SMILES string of the molecule is Cc1cccc(Nc2cc(Oc3ccc([N+](=O)[O-])nc3)ccn2)n1. The van der Waals surface area contributed by atoms with Crippen LogP contribution in [0.15, 0.2) is 54.9 Å². The van der Waals surface area contributed by atoms with E-state index in [1.54, 1.807) is 18.3 Å². The van der Waals surface area contributed by atoms with Gasteiger partial charge in [0.15, 0.2) is 11.9 Å². The van der Waals surface area contributed by atoms with Gasteiger partial charge in [-0.3, -0.25) is 0 Å². The van der Waals surface area contributed by atoms with Crippen molar-refractivity contribution in [2.24, 2.45) is 0 Å². The molecule has 0 spiro atoms. The second kappa shape index (κ2) is 6.69. The van der Waals surface area contributed by atoms with Gasteiger partial charge in [-0.25, -0.2) is 9.97 Å². The van der Waals surface area contributed by atoms with Crippen molar-refractivity contribution in [3.63, 3.8) is 0 Å². The number of anilines is 2. The van der Waals surface area contributed by atoms with E-state index in [4.69, 9.17) is 4.74 Å². The summed E-state index contributed by atoms with van der Waals surface area (Å²) in [5.74, 6) is 1.93. The smallest absolute Gasteiger partial charge is 0.363 e. The molecule has 0 atom stereocenters. The van der Waals surface area contributed by atoms with Crippen LogP contribution in [-0.4, -0.2) is 19.9 Å². The number of hydrogen-bond acceptors (Lipinski definition) is 7. The molecule has 3 rings (SSSR count). The average molecular weight is 323 g/mol. The number of ether oxygens (including phenoxy) is 1. The van der Waals surface area contributed by atoms with Crippen molar-refractivity contribution in [3.05, 3.63) is 70.7 Å². The summed E-state index contributed by atoms with van der Waals surface area (Å²) in [4.78, 5) is 22.3. The van der Waals surface area contributed by atoms with Crippen LogP contribution >= 0.6 is 0 Å². The Labute approximate surface area is 137 Å². The minimum atomic E-state index is -0.562. The minimum absolute atomic E-state index is 0.232. The molecule has 120 valence electrons. The molecule has 0 unspecified atom stereocenters. The average Bonchev–Trinajstić information content (AvgIpc) is 2.56. The van der Waals surface area contributed by atoms with Crippen molar-refractivity contribution in [3.8, 4) is 11.5 Å². The lowest BCUT2D eigenvalue weighted by Gasteiger charge is -2.08. The normalized spacial score (nSPS) is 10.2. The predicted molar refractivity (Wildman–Crippen MR) is 87.5 cm³/mol. The number of hydrogen-bond donors (Lipinski definition) is 1. The van der Waals surface area contributed by atoms with E-state index in [2.05, 4.69) is 20.3 Å². The number of aryl methyl sites for hydroxylation is 1. The molecule has 0 aromatic carbocycles. The molecule has 8 heteroatoms. The van der Waals surface area contributed by atoms with Crippen LogP contribution in [0.4, 0.5) is 17.5 Å².